The second-order valence-corrected chi connectivity index (χ2v) is 3.80. The number of carboxylic acids is 1. The van der Waals surface area contributed by atoms with E-state index in [1.807, 2.05) is 13.8 Å². The van der Waals surface area contributed by atoms with E-state index in [4.69, 9.17) is 5.11 Å². The summed E-state index contributed by atoms with van der Waals surface area (Å²) in [6, 6.07) is 0. The lowest BCUT2D eigenvalue weighted by Crippen LogP contribution is -2.23. The molecule has 1 N–H and O–H groups in total. The van der Waals surface area contributed by atoms with Crippen LogP contribution in [0.5, 0.6) is 0 Å². The molecule has 2 heteroatoms. The van der Waals surface area contributed by atoms with Crippen LogP contribution in [0.2, 0.25) is 0 Å². The molecule has 13 heavy (non-hydrogen) atoms. The van der Waals surface area contributed by atoms with E-state index in [1.54, 1.807) is 0 Å². The topological polar surface area (TPSA) is 37.3 Å². The molecular weight excluding hydrogens is 164 g/mol. The Morgan fingerprint density at radius 3 is 2.31 bits per heavy atom. The molecule has 1 atom stereocenters. The third-order valence-electron chi connectivity index (χ3n) is 2.85. The van der Waals surface area contributed by atoms with E-state index in [2.05, 4.69) is 13.5 Å². The summed E-state index contributed by atoms with van der Waals surface area (Å²) in [5.74, 6) is -0.861. The number of unbranched alkanes of at least 4 members (excludes halogenated alkanes) is 1. The zero-order valence-electron chi connectivity index (χ0n) is 8.89. The minimum atomic E-state index is -0.861. The molecular formula is C11H20O2. The molecule has 0 heterocycles. The van der Waals surface area contributed by atoms with E-state index in [1.165, 1.54) is 0 Å². The van der Waals surface area contributed by atoms with Gasteiger partial charge in [-0.15, -0.1) is 0 Å². The van der Waals surface area contributed by atoms with Crippen LogP contribution in [0.4, 0.5) is 0 Å². The fourth-order valence-electron chi connectivity index (χ4n) is 1.37. The highest BCUT2D eigenvalue weighted by Gasteiger charge is 2.29. The first-order valence-electron chi connectivity index (χ1n) is 4.90. The van der Waals surface area contributed by atoms with Crippen molar-refractivity contribution in [3.8, 4) is 0 Å². The number of hydrogen-bond acceptors (Lipinski definition) is 1. The van der Waals surface area contributed by atoms with Crippen LogP contribution in [0.1, 0.15) is 46.5 Å². The minimum absolute atomic E-state index is 0.220. The second-order valence-electron chi connectivity index (χ2n) is 3.80. The second kappa shape index (κ2) is 5.05. The SMILES string of the molecule is C=C(C(=O)O)C(C)(CC)CCCC. The van der Waals surface area contributed by atoms with Gasteiger partial charge in [0.15, 0.2) is 0 Å². The molecule has 0 aromatic heterocycles. The van der Waals surface area contributed by atoms with Crippen LogP contribution >= 0.6 is 0 Å². The Hall–Kier alpha value is -0.790. The van der Waals surface area contributed by atoms with Crippen LogP contribution < -0.4 is 0 Å². The van der Waals surface area contributed by atoms with Crippen molar-refractivity contribution in [2.75, 3.05) is 0 Å². The molecule has 0 rings (SSSR count). The summed E-state index contributed by atoms with van der Waals surface area (Å²) in [6.45, 7) is 9.76. The monoisotopic (exact) mass is 184 g/mol. The first kappa shape index (κ1) is 12.2. The molecule has 76 valence electrons. The molecule has 1 unspecified atom stereocenters. The molecule has 0 aliphatic carbocycles. The highest BCUT2D eigenvalue weighted by molar-refractivity contribution is 5.87. The van der Waals surface area contributed by atoms with Crippen molar-refractivity contribution in [1.29, 1.82) is 0 Å². The van der Waals surface area contributed by atoms with Crippen molar-refractivity contribution < 1.29 is 9.90 Å². The molecule has 0 radical (unpaired) electrons. The summed E-state index contributed by atoms with van der Waals surface area (Å²) < 4.78 is 0. The van der Waals surface area contributed by atoms with Crippen molar-refractivity contribution in [2.45, 2.75) is 46.5 Å². The maximum atomic E-state index is 10.8. The van der Waals surface area contributed by atoms with Crippen molar-refractivity contribution in [1.82, 2.24) is 0 Å². The van der Waals surface area contributed by atoms with Crippen LogP contribution in [0.25, 0.3) is 0 Å². The van der Waals surface area contributed by atoms with Gasteiger partial charge in [-0.25, -0.2) is 4.79 Å². The fourth-order valence-corrected chi connectivity index (χ4v) is 1.37. The molecule has 0 aromatic rings. The molecule has 0 fully saturated rings. The average molecular weight is 184 g/mol. The number of hydrogen-bond donors (Lipinski definition) is 1. The summed E-state index contributed by atoms with van der Waals surface area (Å²) >= 11 is 0. The number of aliphatic carboxylic acids is 1. The van der Waals surface area contributed by atoms with Crippen LogP contribution in [0.3, 0.4) is 0 Å². The maximum absolute atomic E-state index is 10.8. The molecule has 0 spiro atoms. The quantitative estimate of drug-likeness (QED) is 0.643. The van der Waals surface area contributed by atoms with Crippen molar-refractivity contribution in [3.05, 3.63) is 12.2 Å². The fraction of sp³-hybridized carbons (Fsp3) is 0.727. The summed E-state index contributed by atoms with van der Waals surface area (Å²) in [6.07, 6.45) is 3.93. The number of rotatable bonds is 6. The molecule has 0 aromatic carbocycles. The van der Waals surface area contributed by atoms with Gasteiger partial charge in [-0.2, -0.15) is 0 Å². The zero-order chi connectivity index (χ0) is 10.5. The van der Waals surface area contributed by atoms with E-state index < -0.39 is 5.97 Å². The zero-order valence-corrected chi connectivity index (χ0v) is 8.89. The Labute approximate surface area is 80.7 Å². The van der Waals surface area contributed by atoms with Crippen LogP contribution in [-0.2, 0) is 4.79 Å². The molecule has 0 aliphatic heterocycles. The van der Waals surface area contributed by atoms with Crippen molar-refractivity contribution >= 4 is 5.97 Å². The number of carbonyl (C=O) groups is 1. The van der Waals surface area contributed by atoms with Gasteiger partial charge in [0.1, 0.15) is 0 Å². The predicted octanol–water partition coefficient (Wildman–Crippen LogP) is 3.23. The first-order valence-corrected chi connectivity index (χ1v) is 4.90. The van der Waals surface area contributed by atoms with Gasteiger partial charge >= 0.3 is 5.97 Å². The Morgan fingerprint density at radius 2 is 2.00 bits per heavy atom. The van der Waals surface area contributed by atoms with Crippen LogP contribution in [0, 0.1) is 5.41 Å². The van der Waals surface area contributed by atoms with Gasteiger partial charge in [-0.1, -0.05) is 40.2 Å². The van der Waals surface area contributed by atoms with Crippen LogP contribution in [-0.4, -0.2) is 11.1 Å². The average Bonchev–Trinajstić information content (AvgIpc) is 2.12. The van der Waals surface area contributed by atoms with Gasteiger partial charge in [0.25, 0.3) is 0 Å². The lowest BCUT2D eigenvalue weighted by atomic mass is 9.76. The Bertz CT molecular complexity index is 196. The third kappa shape index (κ3) is 3.21. The Morgan fingerprint density at radius 1 is 1.46 bits per heavy atom. The molecule has 0 bridgehead atoms. The normalized spacial score (nSPS) is 15.0. The van der Waals surface area contributed by atoms with Gasteiger partial charge in [0.2, 0.25) is 0 Å². The Kier molecular flexibility index (Phi) is 4.74. The van der Waals surface area contributed by atoms with Gasteiger partial charge in [0.05, 0.1) is 0 Å². The largest absolute Gasteiger partial charge is 0.478 e. The van der Waals surface area contributed by atoms with E-state index in [0.717, 1.165) is 25.7 Å². The van der Waals surface area contributed by atoms with Gasteiger partial charge in [0, 0.05) is 5.57 Å². The lowest BCUT2D eigenvalue weighted by molar-refractivity contribution is -0.134. The van der Waals surface area contributed by atoms with Gasteiger partial charge in [-0.3, -0.25) is 0 Å². The molecule has 0 aliphatic rings. The van der Waals surface area contributed by atoms with E-state index in [0.29, 0.717) is 5.57 Å². The summed E-state index contributed by atoms with van der Waals surface area (Å²) in [5, 5.41) is 8.85. The lowest BCUT2D eigenvalue weighted by Gasteiger charge is -2.28. The highest BCUT2D eigenvalue weighted by atomic mass is 16.4. The van der Waals surface area contributed by atoms with E-state index in [9.17, 15) is 4.79 Å². The van der Waals surface area contributed by atoms with Crippen molar-refractivity contribution in [2.24, 2.45) is 5.41 Å². The van der Waals surface area contributed by atoms with E-state index in [-0.39, 0.29) is 5.41 Å². The van der Waals surface area contributed by atoms with Crippen molar-refractivity contribution in [3.63, 3.8) is 0 Å². The predicted molar refractivity (Wildman–Crippen MR) is 54.7 cm³/mol. The molecule has 0 saturated heterocycles. The maximum Gasteiger partial charge on any atom is 0.331 e. The summed E-state index contributed by atoms with van der Waals surface area (Å²) in [7, 11) is 0. The molecule has 0 saturated carbocycles. The number of carboxylic acid groups (broad SMARTS) is 1. The minimum Gasteiger partial charge on any atom is -0.478 e. The van der Waals surface area contributed by atoms with Gasteiger partial charge < -0.3 is 5.11 Å². The summed E-state index contributed by atoms with van der Waals surface area (Å²) in [4.78, 5) is 10.8. The summed E-state index contributed by atoms with van der Waals surface area (Å²) in [5.41, 5.74) is 0.130. The highest BCUT2D eigenvalue weighted by Crippen LogP contribution is 2.35. The molecule has 0 amide bonds. The smallest absolute Gasteiger partial charge is 0.331 e. The van der Waals surface area contributed by atoms with Gasteiger partial charge in [-0.05, 0) is 18.3 Å². The van der Waals surface area contributed by atoms with E-state index >= 15 is 0 Å². The standard InChI is InChI=1S/C11H20O2/c1-5-7-8-11(4,6-2)9(3)10(12)13/h3,5-8H2,1-2,4H3,(H,12,13). The third-order valence-corrected chi connectivity index (χ3v) is 2.85. The molecule has 2 nitrogen and oxygen atoms in total. The Balaban J connectivity index is 4.43. The first-order chi connectivity index (χ1) is 5.98. The van der Waals surface area contributed by atoms with Crippen LogP contribution in [0.15, 0.2) is 12.2 Å².